The van der Waals surface area contributed by atoms with E-state index in [0.717, 1.165) is 12.0 Å². The molecule has 0 radical (unpaired) electrons. The number of aliphatic carboxylic acids is 1. The van der Waals surface area contributed by atoms with Crippen LogP contribution in [-0.2, 0) is 19.1 Å². The summed E-state index contributed by atoms with van der Waals surface area (Å²) in [7, 11) is 1.16. The van der Waals surface area contributed by atoms with Gasteiger partial charge in [0.05, 0.1) is 12.0 Å². The molecule has 1 aromatic rings. The first-order chi connectivity index (χ1) is 11.8. The molecule has 0 spiro atoms. The van der Waals surface area contributed by atoms with Gasteiger partial charge in [-0.05, 0) is 36.0 Å². The number of carbonyl (C=O) groups excluding carboxylic acids is 3. The van der Waals surface area contributed by atoms with Crippen LogP contribution in [0.5, 0.6) is 5.75 Å². The Morgan fingerprint density at radius 1 is 1.36 bits per heavy atom. The number of rotatable bonds is 6. The van der Waals surface area contributed by atoms with Crippen LogP contribution in [0.25, 0.3) is 6.08 Å². The van der Waals surface area contributed by atoms with E-state index in [4.69, 9.17) is 9.84 Å². The number of nitrogens with zero attached hydrogens (tertiary/aromatic N) is 1. The van der Waals surface area contributed by atoms with E-state index in [-0.39, 0.29) is 10.7 Å². The quantitative estimate of drug-likeness (QED) is 0.540. The maximum absolute atomic E-state index is 12.3. The molecule has 0 aliphatic carbocycles. The predicted octanol–water partition coefficient (Wildman–Crippen LogP) is 2.12. The van der Waals surface area contributed by atoms with E-state index in [2.05, 4.69) is 20.7 Å². The van der Waals surface area contributed by atoms with E-state index in [0.29, 0.717) is 21.8 Å². The van der Waals surface area contributed by atoms with Crippen LogP contribution in [0, 0.1) is 0 Å². The van der Waals surface area contributed by atoms with Gasteiger partial charge in [-0.15, -0.1) is 0 Å². The molecule has 0 bridgehead atoms. The minimum atomic E-state index is -1.15. The minimum Gasteiger partial charge on any atom is -0.481 e. The molecule has 1 saturated heterocycles. The van der Waals surface area contributed by atoms with E-state index in [9.17, 15) is 19.2 Å². The number of imide groups is 1. The highest BCUT2D eigenvalue weighted by atomic mass is 79.9. The lowest BCUT2D eigenvalue weighted by atomic mass is 10.2. The predicted molar refractivity (Wildman–Crippen MR) is 92.0 cm³/mol. The zero-order valence-electron chi connectivity index (χ0n) is 12.9. The summed E-state index contributed by atoms with van der Waals surface area (Å²) >= 11 is 3.95. The number of amides is 2. The summed E-state index contributed by atoms with van der Waals surface area (Å²) in [6, 6.07) is 4.81. The normalized spacial score (nSPS) is 15.6. The van der Waals surface area contributed by atoms with Crippen molar-refractivity contribution in [1.82, 2.24) is 4.90 Å². The summed E-state index contributed by atoms with van der Waals surface area (Å²) in [5, 5.41) is 8.13. The number of carboxylic acids is 1. The van der Waals surface area contributed by atoms with E-state index in [1.165, 1.54) is 12.1 Å². The van der Waals surface area contributed by atoms with Crippen molar-refractivity contribution in [2.45, 2.75) is 0 Å². The van der Waals surface area contributed by atoms with Crippen molar-refractivity contribution < 1.29 is 33.8 Å². The number of benzene rings is 1. The lowest BCUT2D eigenvalue weighted by Crippen LogP contribution is -2.34. The maximum Gasteiger partial charge on any atom is 0.341 e. The molecule has 1 heterocycles. The number of methoxy groups -OCH3 is 1. The van der Waals surface area contributed by atoms with Crippen molar-refractivity contribution in [1.29, 1.82) is 0 Å². The van der Waals surface area contributed by atoms with Crippen molar-refractivity contribution in [3.63, 3.8) is 0 Å². The second kappa shape index (κ2) is 8.17. The largest absolute Gasteiger partial charge is 0.481 e. The number of esters is 1. The summed E-state index contributed by atoms with van der Waals surface area (Å²) in [6.07, 6.45) is 1.41. The van der Waals surface area contributed by atoms with E-state index < -0.39 is 36.2 Å². The van der Waals surface area contributed by atoms with Crippen LogP contribution in [0.4, 0.5) is 4.79 Å². The van der Waals surface area contributed by atoms with Crippen LogP contribution in [0.2, 0.25) is 0 Å². The molecular weight excluding hydrogens is 418 g/mol. The molecule has 1 fully saturated rings. The molecule has 1 aromatic carbocycles. The van der Waals surface area contributed by atoms with Crippen molar-refractivity contribution in [2.24, 2.45) is 0 Å². The molecule has 25 heavy (non-hydrogen) atoms. The molecule has 2 amide bonds. The number of ether oxygens (including phenoxy) is 2. The highest BCUT2D eigenvalue weighted by Gasteiger charge is 2.36. The first kappa shape index (κ1) is 19.0. The van der Waals surface area contributed by atoms with Crippen molar-refractivity contribution in [3.8, 4) is 5.75 Å². The first-order valence-corrected chi connectivity index (χ1v) is 8.39. The van der Waals surface area contributed by atoms with Gasteiger partial charge in [0.15, 0.2) is 6.61 Å². The SMILES string of the molecule is COC(=O)CN1C(=O)S/C(=C\c2cc(Br)ccc2OCC(=O)O)C1=O. The summed E-state index contributed by atoms with van der Waals surface area (Å²) < 4.78 is 10.3. The molecule has 1 aliphatic rings. The van der Waals surface area contributed by atoms with Crippen LogP contribution in [0.3, 0.4) is 0 Å². The highest BCUT2D eigenvalue weighted by molar-refractivity contribution is 9.10. The lowest BCUT2D eigenvalue weighted by molar-refractivity contribution is -0.143. The Morgan fingerprint density at radius 2 is 2.08 bits per heavy atom. The molecular formula is C15H12BrNO7S. The van der Waals surface area contributed by atoms with Gasteiger partial charge in [0.2, 0.25) is 0 Å². The average molecular weight is 430 g/mol. The third kappa shape index (κ3) is 4.83. The zero-order chi connectivity index (χ0) is 18.6. The molecule has 1 N–H and O–H groups in total. The molecule has 132 valence electrons. The van der Waals surface area contributed by atoms with Gasteiger partial charge in [0, 0.05) is 10.0 Å². The monoisotopic (exact) mass is 429 g/mol. The molecule has 10 heteroatoms. The number of carboxylic acid groups (broad SMARTS) is 1. The fourth-order valence-corrected chi connectivity index (χ4v) is 3.08. The Balaban J connectivity index is 2.29. The number of carbonyl (C=O) groups is 4. The number of halogens is 1. The number of hydrogen-bond donors (Lipinski definition) is 1. The van der Waals surface area contributed by atoms with Gasteiger partial charge in [0.1, 0.15) is 12.3 Å². The zero-order valence-corrected chi connectivity index (χ0v) is 15.3. The molecule has 0 aromatic heterocycles. The molecule has 0 atom stereocenters. The Kier molecular flexibility index (Phi) is 6.21. The molecule has 0 saturated carbocycles. The van der Waals surface area contributed by atoms with Crippen molar-refractivity contribution in [2.75, 3.05) is 20.3 Å². The van der Waals surface area contributed by atoms with E-state index in [1.807, 2.05) is 0 Å². The van der Waals surface area contributed by atoms with Crippen LogP contribution < -0.4 is 4.74 Å². The first-order valence-electron chi connectivity index (χ1n) is 6.78. The Bertz CT molecular complexity index is 777. The topological polar surface area (TPSA) is 110 Å². The van der Waals surface area contributed by atoms with Crippen molar-refractivity contribution >= 4 is 56.9 Å². The Hall–Kier alpha value is -2.33. The lowest BCUT2D eigenvalue weighted by Gasteiger charge is -2.10. The van der Waals surface area contributed by atoms with E-state index >= 15 is 0 Å². The average Bonchev–Trinajstić information content (AvgIpc) is 2.81. The number of thioether (sulfide) groups is 1. The van der Waals surface area contributed by atoms with Gasteiger partial charge < -0.3 is 14.6 Å². The standard InChI is InChI=1S/C15H12BrNO7S/c1-23-13(20)6-17-14(21)11(25-15(17)22)5-8-4-9(16)2-3-10(8)24-7-12(18)19/h2-5H,6-7H2,1H3,(H,18,19)/b11-5-. The van der Waals surface area contributed by atoms with Crippen LogP contribution in [-0.4, -0.2) is 53.4 Å². The van der Waals surface area contributed by atoms with Crippen LogP contribution in [0.15, 0.2) is 27.6 Å². The van der Waals surface area contributed by atoms with Gasteiger partial charge in [-0.25, -0.2) is 4.79 Å². The maximum atomic E-state index is 12.3. The van der Waals surface area contributed by atoms with Crippen LogP contribution >= 0.6 is 27.7 Å². The third-order valence-electron chi connectivity index (χ3n) is 3.00. The minimum absolute atomic E-state index is 0.0900. The van der Waals surface area contributed by atoms with Gasteiger partial charge in [-0.1, -0.05) is 15.9 Å². The Labute approximate surface area is 154 Å². The summed E-state index contributed by atoms with van der Waals surface area (Å²) in [6.45, 7) is -1.02. The molecule has 8 nitrogen and oxygen atoms in total. The van der Waals surface area contributed by atoms with Crippen LogP contribution in [0.1, 0.15) is 5.56 Å². The Morgan fingerprint density at radius 3 is 2.72 bits per heavy atom. The van der Waals surface area contributed by atoms with E-state index in [1.54, 1.807) is 12.1 Å². The second-order valence-corrected chi connectivity index (χ2v) is 6.62. The third-order valence-corrected chi connectivity index (χ3v) is 4.40. The van der Waals surface area contributed by atoms with Gasteiger partial charge in [-0.3, -0.25) is 19.3 Å². The fourth-order valence-electron chi connectivity index (χ4n) is 1.87. The van der Waals surface area contributed by atoms with Gasteiger partial charge >= 0.3 is 11.9 Å². The highest BCUT2D eigenvalue weighted by Crippen LogP contribution is 2.34. The fraction of sp³-hybridized carbons (Fsp3) is 0.200. The molecule has 1 aliphatic heterocycles. The summed E-state index contributed by atoms with van der Waals surface area (Å²) in [5.41, 5.74) is 0.416. The smallest absolute Gasteiger partial charge is 0.341 e. The van der Waals surface area contributed by atoms with Crippen molar-refractivity contribution in [3.05, 3.63) is 33.1 Å². The molecule has 0 unspecified atom stereocenters. The summed E-state index contributed by atoms with van der Waals surface area (Å²) in [4.78, 5) is 47.0. The second-order valence-electron chi connectivity index (χ2n) is 4.71. The molecule has 2 rings (SSSR count). The summed E-state index contributed by atoms with van der Waals surface area (Å²) in [5.74, 6) is -2.25. The van der Waals surface area contributed by atoms with Gasteiger partial charge in [-0.2, -0.15) is 0 Å². The van der Waals surface area contributed by atoms with Gasteiger partial charge in [0.25, 0.3) is 11.1 Å². The number of hydrogen-bond acceptors (Lipinski definition) is 7.